The molecule has 4 nitrogen and oxygen atoms in total. The van der Waals surface area contributed by atoms with Gasteiger partial charge in [0.2, 0.25) is 0 Å². The van der Waals surface area contributed by atoms with Crippen LogP contribution in [0.25, 0.3) is 21.6 Å². The molecule has 0 radical (unpaired) electrons. The van der Waals surface area contributed by atoms with E-state index in [-0.39, 0.29) is 17.3 Å². The number of rotatable bonds is 7. The number of Topliss-reactive ketones (excluding diaryl/α,β-unsaturated/α-hetero) is 1. The summed E-state index contributed by atoms with van der Waals surface area (Å²) in [5, 5.41) is 2.90. The molecule has 0 saturated heterocycles. The Morgan fingerprint density at radius 1 is 0.917 bits per heavy atom. The normalized spacial score (nSPS) is 14.6. The summed E-state index contributed by atoms with van der Waals surface area (Å²) in [5.74, 6) is 0.254. The molecule has 0 unspecified atom stereocenters. The van der Waals surface area contributed by atoms with Crippen molar-refractivity contribution in [3.63, 3.8) is 0 Å². The lowest BCUT2D eigenvalue weighted by molar-refractivity contribution is -0.119. The molecule has 36 heavy (non-hydrogen) atoms. The van der Waals surface area contributed by atoms with Crippen LogP contribution in [0.5, 0.6) is 0 Å². The Labute approximate surface area is 223 Å². The van der Waals surface area contributed by atoms with Gasteiger partial charge < -0.3 is 4.74 Å². The molecule has 0 spiro atoms. The maximum Gasteiger partial charge on any atom is 0.412 e. The molecule has 0 aliphatic heterocycles. The van der Waals surface area contributed by atoms with Gasteiger partial charge in [-0.1, -0.05) is 78.9 Å². The summed E-state index contributed by atoms with van der Waals surface area (Å²) < 4.78 is 6.51. The molecule has 6 heteroatoms. The second-order valence-electron chi connectivity index (χ2n) is 9.17. The van der Waals surface area contributed by atoms with Gasteiger partial charge in [-0.15, -0.1) is 11.3 Å². The number of carbonyl (C=O) groups excluding carboxylic acids is 2. The van der Waals surface area contributed by atoms with Crippen LogP contribution in [0, 0.1) is 0 Å². The van der Waals surface area contributed by atoms with Crippen molar-refractivity contribution >= 4 is 44.8 Å². The average Bonchev–Trinajstić information content (AvgIpc) is 3.63. The summed E-state index contributed by atoms with van der Waals surface area (Å²) in [5.41, 5.74) is 5.71. The fourth-order valence-electron chi connectivity index (χ4n) is 4.53. The highest BCUT2D eigenvalue weighted by molar-refractivity contribution is 9.11. The number of benzene rings is 3. The summed E-state index contributed by atoms with van der Waals surface area (Å²) in [7, 11) is 0. The van der Waals surface area contributed by atoms with Crippen molar-refractivity contribution in [2.24, 2.45) is 0 Å². The van der Waals surface area contributed by atoms with E-state index in [9.17, 15) is 9.59 Å². The van der Waals surface area contributed by atoms with Crippen LogP contribution in [-0.2, 0) is 14.9 Å². The first-order valence-electron chi connectivity index (χ1n) is 11.9. The highest BCUT2D eigenvalue weighted by Crippen LogP contribution is 2.49. The van der Waals surface area contributed by atoms with E-state index in [1.54, 1.807) is 18.3 Å². The number of hydrogen-bond donors (Lipinski definition) is 1. The molecule has 1 N–H and O–H groups in total. The van der Waals surface area contributed by atoms with E-state index in [4.69, 9.17) is 4.74 Å². The maximum absolute atomic E-state index is 12.6. The topological polar surface area (TPSA) is 55.4 Å². The van der Waals surface area contributed by atoms with Crippen molar-refractivity contribution in [3.05, 3.63) is 99.8 Å². The Morgan fingerprint density at radius 2 is 1.50 bits per heavy atom. The van der Waals surface area contributed by atoms with Crippen molar-refractivity contribution < 1.29 is 14.3 Å². The van der Waals surface area contributed by atoms with Gasteiger partial charge in [0, 0.05) is 0 Å². The molecule has 1 saturated carbocycles. The molecule has 0 bridgehead atoms. The predicted octanol–water partition coefficient (Wildman–Crippen LogP) is 8.77. The lowest BCUT2D eigenvalue weighted by atomic mass is 9.90. The SMILES string of the molecule is CC(=O)C1(c2ccc(-c3ccc(-c4sc(Br)cc4NC(=O)O[C@H](C)c4ccccc4)cc3)cc2)CC1. The van der Waals surface area contributed by atoms with Gasteiger partial charge in [-0.3, -0.25) is 10.1 Å². The first-order valence-corrected chi connectivity index (χ1v) is 13.5. The van der Waals surface area contributed by atoms with E-state index >= 15 is 0 Å². The van der Waals surface area contributed by atoms with E-state index in [1.165, 1.54) is 0 Å². The zero-order chi connectivity index (χ0) is 25.3. The van der Waals surface area contributed by atoms with E-state index in [1.807, 2.05) is 43.3 Å². The lowest BCUT2D eigenvalue weighted by Crippen LogP contribution is -2.16. The second kappa shape index (κ2) is 10.0. The molecule has 182 valence electrons. The van der Waals surface area contributed by atoms with Crippen molar-refractivity contribution in [3.8, 4) is 21.6 Å². The van der Waals surface area contributed by atoms with Gasteiger partial charge >= 0.3 is 6.09 Å². The first-order chi connectivity index (χ1) is 17.4. The van der Waals surface area contributed by atoms with Crippen LogP contribution in [0.2, 0.25) is 0 Å². The quantitative estimate of drug-likeness (QED) is 0.246. The molecular weight excluding hydrogens is 534 g/mol. The third-order valence-corrected chi connectivity index (χ3v) is 8.52. The van der Waals surface area contributed by atoms with Gasteiger partial charge in [-0.2, -0.15) is 0 Å². The number of hydrogen-bond acceptors (Lipinski definition) is 4. The fraction of sp³-hybridized carbons (Fsp3) is 0.200. The summed E-state index contributed by atoms with van der Waals surface area (Å²) in [4.78, 5) is 25.6. The van der Waals surface area contributed by atoms with Crippen LogP contribution in [-0.4, -0.2) is 11.9 Å². The Kier molecular flexibility index (Phi) is 6.82. The second-order valence-corrected chi connectivity index (χ2v) is 11.6. The molecule has 1 aromatic heterocycles. The number of ketones is 1. The zero-order valence-electron chi connectivity index (χ0n) is 20.1. The highest BCUT2D eigenvalue weighted by Gasteiger charge is 2.48. The number of amides is 1. The molecule has 4 aromatic rings. The van der Waals surface area contributed by atoms with Crippen LogP contribution in [0.3, 0.4) is 0 Å². The molecule has 1 heterocycles. The molecule has 1 atom stereocenters. The molecule has 3 aromatic carbocycles. The summed E-state index contributed by atoms with van der Waals surface area (Å²) >= 11 is 5.10. The van der Waals surface area contributed by atoms with Gasteiger partial charge in [0.15, 0.2) is 0 Å². The van der Waals surface area contributed by atoms with Gasteiger partial charge in [0.25, 0.3) is 0 Å². The number of ether oxygens (including phenoxy) is 1. The molecular formula is C30H26BrNO3S. The number of halogens is 1. The van der Waals surface area contributed by atoms with Crippen molar-refractivity contribution in [2.75, 3.05) is 5.32 Å². The standard InChI is InChI=1S/C30H26BrNO3S/c1-19(21-6-4-3-5-7-21)35-29(34)32-26-18-27(31)36-28(26)24-10-8-22(9-11-24)23-12-14-25(15-13-23)30(16-17-30)20(2)33/h3-15,18-19H,16-17H2,1-2H3,(H,32,34)/t19-/m1/s1. The molecule has 5 rings (SSSR count). The monoisotopic (exact) mass is 559 g/mol. The molecule has 1 fully saturated rings. The third-order valence-electron chi connectivity index (χ3n) is 6.83. The van der Waals surface area contributed by atoms with Crippen molar-refractivity contribution in [1.82, 2.24) is 0 Å². The molecule has 1 aliphatic rings. The Bertz CT molecular complexity index is 1390. The van der Waals surface area contributed by atoms with E-state index in [0.717, 1.165) is 49.3 Å². The average molecular weight is 561 g/mol. The zero-order valence-corrected chi connectivity index (χ0v) is 22.5. The van der Waals surface area contributed by atoms with Gasteiger partial charge in [-0.25, -0.2) is 4.79 Å². The van der Waals surface area contributed by atoms with E-state index in [2.05, 4.69) is 69.8 Å². The fourth-order valence-corrected chi connectivity index (χ4v) is 6.09. The van der Waals surface area contributed by atoms with Crippen LogP contribution in [0.15, 0.2) is 88.7 Å². The minimum absolute atomic E-state index is 0.252. The smallest absolute Gasteiger partial charge is 0.412 e. The van der Waals surface area contributed by atoms with Crippen LogP contribution in [0.4, 0.5) is 10.5 Å². The maximum atomic E-state index is 12.6. The van der Waals surface area contributed by atoms with Gasteiger partial charge in [0.05, 0.1) is 19.8 Å². The Morgan fingerprint density at radius 3 is 2.08 bits per heavy atom. The predicted molar refractivity (Wildman–Crippen MR) is 149 cm³/mol. The summed E-state index contributed by atoms with van der Waals surface area (Å²) in [6, 6.07) is 28.2. The van der Waals surface area contributed by atoms with Gasteiger partial charge in [0.1, 0.15) is 11.9 Å². The largest absolute Gasteiger partial charge is 0.441 e. The minimum atomic E-state index is -0.492. The molecule has 1 amide bonds. The third kappa shape index (κ3) is 5.01. The highest BCUT2D eigenvalue weighted by atomic mass is 79.9. The minimum Gasteiger partial charge on any atom is -0.441 e. The van der Waals surface area contributed by atoms with Crippen LogP contribution in [0.1, 0.15) is 43.9 Å². The van der Waals surface area contributed by atoms with Crippen molar-refractivity contribution in [1.29, 1.82) is 0 Å². The molecule has 1 aliphatic carbocycles. The van der Waals surface area contributed by atoms with E-state index < -0.39 is 6.09 Å². The van der Waals surface area contributed by atoms with E-state index in [0.29, 0.717) is 5.69 Å². The lowest BCUT2D eigenvalue weighted by Gasteiger charge is -2.14. The number of thiophene rings is 1. The van der Waals surface area contributed by atoms with Crippen molar-refractivity contribution in [2.45, 2.75) is 38.2 Å². The Balaban J connectivity index is 1.30. The first kappa shape index (κ1) is 24.5. The summed E-state index contributed by atoms with van der Waals surface area (Å²) in [6.07, 6.45) is 1.05. The summed E-state index contributed by atoms with van der Waals surface area (Å²) in [6.45, 7) is 3.55. The number of nitrogens with one attached hydrogen (secondary N) is 1. The van der Waals surface area contributed by atoms with Crippen LogP contribution < -0.4 is 5.32 Å². The number of carbonyl (C=O) groups is 2. The number of anilines is 1. The van der Waals surface area contributed by atoms with Crippen LogP contribution >= 0.6 is 27.3 Å². The van der Waals surface area contributed by atoms with Gasteiger partial charge in [-0.05, 0) is 76.5 Å². The Hall–Kier alpha value is -3.22.